The molecule has 518 valence electrons. The van der Waals surface area contributed by atoms with E-state index in [-0.39, 0.29) is 47.5 Å². The summed E-state index contributed by atoms with van der Waals surface area (Å²) in [7, 11) is 0. The SMILES string of the molecule is O=C(c1ccc(Cl)cc1)c1sc2cc(O)ccc2c1Oc1ccc(CCN2CC(C(F)Oc3ccc4c(Oc5ccc(CCN6CC(C(F)Oc7ccc8c(Oc9ccc(CCN%10CC(CF)C%10)cc9)c(C(=O)c9ccc(F)cc9)sc8c7)C6)cc5)c(C(=O)c5ccccc5Cl)sc4c3)C2)cc1. The highest BCUT2D eigenvalue weighted by Crippen LogP contribution is 2.47. The van der Waals surface area contributed by atoms with Crippen molar-refractivity contribution in [1.29, 1.82) is 0 Å². The lowest BCUT2D eigenvalue weighted by atomic mass is 9.99. The van der Waals surface area contributed by atoms with E-state index in [0.29, 0.717) is 170 Å². The van der Waals surface area contributed by atoms with Crippen LogP contribution in [0, 0.1) is 23.6 Å². The fourth-order valence-electron chi connectivity index (χ4n) is 13.0. The average molecular weight is 1470 g/mol. The van der Waals surface area contributed by atoms with E-state index >= 15 is 8.78 Å². The molecule has 15 rings (SSSR count). The van der Waals surface area contributed by atoms with E-state index in [1.54, 1.807) is 103 Å². The molecule has 0 aliphatic carbocycles. The number of aromatic hydroxyl groups is 1. The lowest BCUT2D eigenvalue weighted by Gasteiger charge is -2.40. The van der Waals surface area contributed by atoms with Crippen LogP contribution in [-0.2, 0) is 19.3 Å². The number of carbonyl (C=O) groups excluding carboxylic acids is 3. The molecular formula is C81H65Cl2F4N3O9S3. The Morgan fingerprint density at radius 1 is 0.461 bits per heavy atom. The molecule has 1 N–H and O–H groups in total. The molecule has 3 aliphatic rings. The van der Waals surface area contributed by atoms with Crippen LogP contribution in [0.2, 0.25) is 10.0 Å². The van der Waals surface area contributed by atoms with Crippen LogP contribution in [0.15, 0.2) is 200 Å². The van der Waals surface area contributed by atoms with Crippen molar-refractivity contribution in [3.05, 3.63) is 264 Å². The Kier molecular flexibility index (Phi) is 20.2. The number of ketones is 3. The fraction of sp³-hybridized carbons (Fsp3) is 0.222. The molecule has 102 heavy (non-hydrogen) atoms. The van der Waals surface area contributed by atoms with Gasteiger partial charge in [-0.2, -0.15) is 0 Å². The second-order valence-electron chi connectivity index (χ2n) is 26.0. The molecule has 6 heterocycles. The fourth-order valence-corrected chi connectivity index (χ4v) is 16.7. The van der Waals surface area contributed by atoms with Crippen LogP contribution in [0.1, 0.15) is 62.4 Å². The maximum atomic E-state index is 16.0. The number of phenolic OH excluding ortho intramolecular Hbond substituents is 1. The van der Waals surface area contributed by atoms with Gasteiger partial charge in [0.25, 0.3) is 0 Å². The second-order valence-corrected chi connectivity index (χ2v) is 30.0. The van der Waals surface area contributed by atoms with E-state index in [2.05, 4.69) is 14.7 Å². The monoisotopic (exact) mass is 1470 g/mol. The van der Waals surface area contributed by atoms with Gasteiger partial charge in [-0.25, -0.2) is 13.2 Å². The number of ether oxygens (including phenoxy) is 5. The van der Waals surface area contributed by atoms with Crippen LogP contribution in [0.25, 0.3) is 30.3 Å². The van der Waals surface area contributed by atoms with E-state index in [9.17, 15) is 28.3 Å². The van der Waals surface area contributed by atoms with Gasteiger partial charge in [-0.15, -0.1) is 34.0 Å². The van der Waals surface area contributed by atoms with Gasteiger partial charge in [0.1, 0.15) is 54.9 Å². The average Bonchev–Trinajstić information content (AvgIpc) is 1.64. The number of fused-ring (bicyclic) bond motifs is 3. The van der Waals surface area contributed by atoms with Crippen molar-refractivity contribution in [2.75, 3.05) is 65.6 Å². The van der Waals surface area contributed by atoms with Crippen LogP contribution >= 0.6 is 57.2 Å². The number of hydrogen-bond acceptors (Lipinski definition) is 15. The lowest BCUT2D eigenvalue weighted by Crippen LogP contribution is -2.52. The van der Waals surface area contributed by atoms with Gasteiger partial charge in [0.2, 0.25) is 30.1 Å². The molecule has 3 aromatic heterocycles. The Hall–Kier alpha value is -9.15. The zero-order valence-corrected chi connectivity index (χ0v) is 58.6. The van der Waals surface area contributed by atoms with E-state index in [0.717, 1.165) is 42.7 Å². The van der Waals surface area contributed by atoms with Crippen LogP contribution in [0.5, 0.6) is 51.7 Å². The quantitative estimate of drug-likeness (QED) is 0.0370. The minimum absolute atomic E-state index is 0.0874. The first-order valence-corrected chi connectivity index (χ1v) is 36.7. The third-order valence-electron chi connectivity index (χ3n) is 18.9. The van der Waals surface area contributed by atoms with Gasteiger partial charge < -0.3 is 43.5 Å². The zero-order chi connectivity index (χ0) is 70.1. The summed E-state index contributed by atoms with van der Waals surface area (Å²) >= 11 is 16.3. The van der Waals surface area contributed by atoms with Gasteiger partial charge in [-0.1, -0.05) is 71.7 Å². The Bertz CT molecular complexity index is 5060. The molecule has 12 nitrogen and oxygen atoms in total. The number of hydrogen-bond donors (Lipinski definition) is 1. The maximum Gasteiger partial charge on any atom is 0.243 e. The number of nitrogens with zero attached hydrogens (tertiary/aromatic N) is 3. The first-order chi connectivity index (χ1) is 49.6. The van der Waals surface area contributed by atoms with E-state index in [1.165, 1.54) is 58.3 Å². The molecule has 0 spiro atoms. The summed E-state index contributed by atoms with van der Waals surface area (Å²) in [5, 5.41) is 13.0. The minimum atomic E-state index is -1.59. The van der Waals surface area contributed by atoms with Crippen molar-refractivity contribution < 1.29 is 60.7 Å². The summed E-state index contributed by atoms with van der Waals surface area (Å²) in [6.07, 6.45) is -0.968. The topological polar surface area (TPSA) is 127 Å². The standard InChI is InChI=1S/C81H65Cl2F4N3O9S3/c82-55-15-11-51(12-16-55)71(92)77-74(64-28-19-57(91)37-68(64)100-77)95-58-22-7-48(8-23-58)32-35-89-45-54(46-89)81(87)99-62-27-30-66-70(39-62)102-79(73(94)63-3-1-2-4-67(63)83)76(66)97-60-24-9-49(10-25-60)33-36-90-43-53(44-90)80(86)98-61-26-29-65-69(38-61)101-78(72(93)52-13-17-56(85)18-14-52)75(65)96-59-20-5-47(6-21-59)31-34-88-41-50(40-84)42-88/h1-30,37-39,50,53-54,80-81,91H,31-36,40-46H2. The molecule has 3 saturated heterocycles. The van der Waals surface area contributed by atoms with E-state index in [4.69, 9.17) is 46.9 Å². The van der Waals surface area contributed by atoms with Crippen molar-refractivity contribution in [3.63, 3.8) is 0 Å². The molecule has 9 aromatic carbocycles. The highest BCUT2D eigenvalue weighted by Gasteiger charge is 2.37. The van der Waals surface area contributed by atoms with Crippen LogP contribution in [0.4, 0.5) is 17.6 Å². The van der Waals surface area contributed by atoms with Gasteiger partial charge in [0.15, 0.2) is 17.2 Å². The summed E-state index contributed by atoms with van der Waals surface area (Å²) in [4.78, 5) is 49.6. The Morgan fingerprint density at radius 2 is 0.843 bits per heavy atom. The molecule has 0 amide bonds. The molecule has 2 unspecified atom stereocenters. The molecule has 3 aliphatic heterocycles. The Morgan fingerprint density at radius 3 is 1.27 bits per heavy atom. The van der Waals surface area contributed by atoms with E-state index in [1.807, 2.05) is 72.8 Å². The second kappa shape index (κ2) is 30.0. The van der Waals surface area contributed by atoms with Crippen molar-refractivity contribution in [2.24, 2.45) is 17.8 Å². The predicted molar refractivity (Wildman–Crippen MR) is 394 cm³/mol. The number of phenols is 1. The number of likely N-dealkylation sites (tertiary alicyclic amines) is 3. The van der Waals surface area contributed by atoms with Crippen molar-refractivity contribution >= 4 is 105 Å². The number of alkyl halides is 3. The third kappa shape index (κ3) is 15.2. The van der Waals surface area contributed by atoms with Crippen molar-refractivity contribution in [2.45, 2.75) is 32.0 Å². The van der Waals surface area contributed by atoms with Gasteiger partial charge in [0.05, 0.1) is 23.5 Å². The Balaban J connectivity index is 0.540. The first-order valence-electron chi connectivity index (χ1n) is 33.5. The van der Waals surface area contributed by atoms with Crippen molar-refractivity contribution in [1.82, 2.24) is 14.7 Å². The molecule has 0 saturated carbocycles. The molecule has 0 radical (unpaired) electrons. The van der Waals surface area contributed by atoms with Gasteiger partial charge in [-0.05, 0) is 188 Å². The van der Waals surface area contributed by atoms with Crippen molar-refractivity contribution in [3.8, 4) is 51.7 Å². The smallest absolute Gasteiger partial charge is 0.243 e. The first kappa shape index (κ1) is 68.6. The third-order valence-corrected chi connectivity index (χ3v) is 22.8. The van der Waals surface area contributed by atoms with E-state index < -0.39 is 18.5 Å². The van der Waals surface area contributed by atoms with Crippen LogP contribution < -0.4 is 23.7 Å². The zero-order valence-electron chi connectivity index (χ0n) is 54.7. The number of carbonyl (C=O) groups is 3. The number of thiophene rings is 3. The number of benzene rings is 9. The van der Waals surface area contributed by atoms with Gasteiger partial charge in [0, 0.05) is 117 Å². The number of halogens is 6. The maximum absolute atomic E-state index is 16.0. The molecule has 21 heteroatoms. The summed E-state index contributed by atoms with van der Waals surface area (Å²) < 4.78 is 92.2. The molecule has 0 bridgehead atoms. The summed E-state index contributed by atoms with van der Waals surface area (Å²) in [5.74, 6) is 1.44. The molecule has 3 fully saturated rings. The highest BCUT2D eigenvalue weighted by molar-refractivity contribution is 7.22. The Labute approximate surface area is 607 Å². The molecular weight excluding hydrogens is 1400 g/mol. The molecule has 12 aromatic rings. The molecule has 2 atom stereocenters. The summed E-state index contributed by atoms with van der Waals surface area (Å²) in [6.45, 7) is 5.46. The van der Waals surface area contributed by atoms with Crippen LogP contribution in [-0.4, -0.2) is 115 Å². The van der Waals surface area contributed by atoms with Crippen LogP contribution in [0.3, 0.4) is 0 Å². The minimum Gasteiger partial charge on any atom is -0.508 e. The summed E-state index contributed by atoms with van der Waals surface area (Å²) in [6, 6.07) is 57.1. The lowest BCUT2D eigenvalue weighted by molar-refractivity contribution is -0.0594. The van der Waals surface area contributed by atoms with Gasteiger partial charge in [-0.3, -0.25) is 18.8 Å². The number of rotatable bonds is 28. The van der Waals surface area contributed by atoms with Gasteiger partial charge >= 0.3 is 0 Å². The predicted octanol–water partition coefficient (Wildman–Crippen LogP) is 19.7. The highest BCUT2D eigenvalue weighted by atomic mass is 35.5. The summed E-state index contributed by atoms with van der Waals surface area (Å²) in [5.41, 5.74) is 4.26. The largest absolute Gasteiger partial charge is 0.508 e. The normalized spacial score (nSPS) is 15.2.